The first-order valence-corrected chi connectivity index (χ1v) is 21.0. The quantitative estimate of drug-likeness (QED) is 0.168. The molecule has 0 radical (unpaired) electrons. The number of rotatable bonds is 6. The molecule has 10 aromatic carbocycles. The Morgan fingerprint density at radius 2 is 0.803 bits per heavy atom. The molecule has 2 heteroatoms. The Morgan fingerprint density at radius 3 is 1.52 bits per heavy atom. The number of benzene rings is 10. The van der Waals surface area contributed by atoms with E-state index >= 15 is 0 Å². The van der Waals surface area contributed by atoms with Gasteiger partial charge in [-0.3, -0.25) is 0 Å². The Morgan fingerprint density at radius 1 is 0.295 bits per heavy atom. The summed E-state index contributed by atoms with van der Waals surface area (Å²) in [7, 11) is 0. The minimum Gasteiger partial charge on any atom is -0.228 e. The van der Waals surface area contributed by atoms with Crippen LogP contribution in [0.15, 0.2) is 231 Å². The Labute approximate surface area is 355 Å². The van der Waals surface area contributed by atoms with E-state index in [1.165, 1.54) is 66.1 Å². The van der Waals surface area contributed by atoms with Crippen LogP contribution in [0, 0.1) is 0 Å². The Kier molecular flexibility index (Phi) is 8.11. The predicted molar refractivity (Wildman–Crippen MR) is 254 cm³/mol. The maximum atomic E-state index is 5.40. The summed E-state index contributed by atoms with van der Waals surface area (Å²) < 4.78 is 0. The molecule has 0 atom stereocenters. The highest BCUT2D eigenvalue weighted by molar-refractivity contribution is 6.12. The molecule has 0 unspecified atom stereocenters. The average molecular weight is 775 g/mol. The van der Waals surface area contributed by atoms with Crippen LogP contribution in [0.4, 0.5) is 0 Å². The van der Waals surface area contributed by atoms with E-state index in [-0.39, 0.29) is 0 Å². The molecule has 0 saturated carbocycles. The maximum Gasteiger partial charge on any atom is 0.161 e. The fraction of sp³-hybridized carbons (Fsp3) is 0.0169. The zero-order valence-corrected chi connectivity index (χ0v) is 33.3. The molecule has 1 aliphatic rings. The second-order valence-corrected chi connectivity index (χ2v) is 16.0. The monoisotopic (exact) mass is 774 g/mol. The predicted octanol–water partition coefficient (Wildman–Crippen LogP) is 15.0. The van der Waals surface area contributed by atoms with E-state index in [2.05, 4.69) is 231 Å². The molecular weight excluding hydrogens is 737 g/mol. The lowest BCUT2D eigenvalue weighted by molar-refractivity contribution is 0.769. The van der Waals surface area contributed by atoms with E-state index in [9.17, 15) is 0 Å². The van der Waals surface area contributed by atoms with Crippen LogP contribution in [0.2, 0.25) is 0 Å². The number of hydrogen-bond acceptors (Lipinski definition) is 2. The zero-order chi connectivity index (χ0) is 40.3. The third-order valence-corrected chi connectivity index (χ3v) is 12.8. The first-order valence-electron chi connectivity index (χ1n) is 21.0. The van der Waals surface area contributed by atoms with Crippen molar-refractivity contribution in [2.75, 3.05) is 0 Å². The minimum absolute atomic E-state index is 0.521. The van der Waals surface area contributed by atoms with Crippen LogP contribution in [0.5, 0.6) is 0 Å². The van der Waals surface area contributed by atoms with Gasteiger partial charge < -0.3 is 0 Å². The highest BCUT2D eigenvalue weighted by Gasteiger charge is 2.47. The van der Waals surface area contributed by atoms with Crippen molar-refractivity contribution in [1.29, 1.82) is 0 Å². The molecule has 0 spiro atoms. The van der Waals surface area contributed by atoms with Crippen molar-refractivity contribution in [1.82, 2.24) is 9.97 Å². The summed E-state index contributed by atoms with van der Waals surface area (Å²) in [6.07, 6.45) is 0. The maximum absolute atomic E-state index is 5.40. The van der Waals surface area contributed by atoms with Crippen molar-refractivity contribution in [2.45, 2.75) is 5.41 Å². The Bertz CT molecular complexity index is 3420. The molecule has 12 rings (SSSR count). The Balaban J connectivity index is 1.13. The van der Waals surface area contributed by atoms with Crippen LogP contribution >= 0.6 is 0 Å². The third-order valence-electron chi connectivity index (χ3n) is 12.8. The molecule has 0 fully saturated rings. The van der Waals surface area contributed by atoms with Crippen molar-refractivity contribution in [3.05, 3.63) is 253 Å². The molecule has 0 aliphatic heterocycles. The van der Waals surface area contributed by atoms with Crippen LogP contribution in [0.25, 0.3) is 88.5 Å². The smallest absolute Gasteiger partial charge is 0.161 e. The second-order valence-electron chi connectivity index (χ2n) is 16.0. The fourth-order valence-electron chi connectivity index (χ4n) is 10.2. The molecule has 284 valence electrons. The van der Waals surface area contributed by atoms with E-state index in [1.807, 2.05) is 0 Å². The van der Waals surface area contributed by atoms with Crippen molar-refractivity contribution in [2.24, 2.45) is 0 Å². The number of fused-ring (bicyclic) bond motifs is 7. The average Bonchev–Trinajstić information content (AvgIpc) is 3.66. The number of nitrogens with zero attached hydrogens (tertiary/aromatic N) is 2. The molecule has 1 heterocycles. The molecule has 0 bridgehead atoms. The lowest BCUT2D eigenvalue weighted by Gasteiger charge is -2.34. The summed E-state index contributed by atoms with van der Waals surface area (Å²) in [6.45, 7) is 0. The SMILES string of the molecule is c1ccc(-c2cc(-c3cccc4ccccc34)nc(-c3ccc(-c4cccc5c4-c4c(ccc6ccccc46)C5(c4ccccc4)c4ccccc4)c4ccccc34)n2)cc1. The van der Waals surface area contributed by atoms with Gasteiger partial charge in [0.15, 0.2) is 5.82 Å². The van der Waals surface area contributed by atoms with E-state index < -0.39 is 5.41 Å². The zero-order valence-electron chi connectivity index (χ0n) is 33.3. The molecule has 0 saturated heterocycles. The summed E-state index contributed by atoms with van der Waals surface area (Å²) in [6, 6.07) is 83.5. The Hall–Kier alpha value is -7.94. The molecule has 11 aromatic rings. The lowest BCUT2D eigenvalue weighted by atomic mass is 9.67. The molecule has 0 amide bonds. The summed E-state index contributed by atoms with van der Waals surface area (Å²) in [5.74, 6) is 0.703. The first kappa shape index (κ1) is 35.0. The van der Waals surface area contributed by atoms with Crippen LogP contribution in [-0.2, 0) is 5.41 Å². The van der Waals surface area contributed by atoms with Gasteiger partial charge in [0.05, 0.1) is 16.8 Å². The van der Waals surface area contributed by atoms with Gasteiger partial charge in [-0.25, -0.2) is 9.97 Å². The molecule has 1 aliphatic carbocycles. The first-order chi connectivity index (χ1) is 30.3. The van der Waals surface area contributed by atoms with Gasteiger partial charge in [0.1, 0.15) is 0 Å². The third kappa shape index (κ3) is 5.43. The largest absolute Gasteiger partial charge is 0.228 e. The van der Waals surface area contributed by atoms with E-state index in [0.717, 1.165) is 38.9 Å². The van der Waals surface area contributed by atoms with Gasteiger partial charge in [-0.15, -0.1) is 0 Å². The standard InChI is InChI=1S/C59H38N2/c1-4-20-41(21-5-1)54-38-55(49-31-16-22-39-18-10-12-27-44(39)49)61-58(60-54)51-36-35-48(46-29-14-15-30-47(46)51)50-32-17-33-52-57(50)56-45-28-13-11-19-40(45)34-37-53(56)59(52,42-23-6-2-7-24-42)43-25-8-3-9-26-43/h1-38H. The summed E-state index contributed by atoms with van der Waals surface area (Å²) in [5.41, 5.74) is 14.5. The van der Waals surface area contributed by atoms with Gasteiger partial charge >= 0.3 is 0 Å². The lowest BCUT2D eigenvalue weighted by Crippen LogP contribution is -2.28. The summed E-state index contributed by atoms with van der Waals surface area (Å²) in [5, 5.41) is 7.12. The molecule has 61 heavy (non-hydrogen) atoms. The van der Waals surface area contributed by atoms with Crippen molar-refractivity contribution >= 4 is 32.3 Å². The van der Waals surface area contributed by atoms with Crippen LogP contribution in [0.3, 0.4) is 0 Å². The van der Waals surface area contributed by atoms with Gasteiger partial charge in [0.25, 0.3) is 0 Å². The fourth-order valence-corrected chi connectivity index (χ4v) is 10.2. The molecule has 0 N–H and O–H groups in total. The molecule has 1 aromatic heterocycles. The van der Waals surface area contributed by atoms with Crippen LogP contribution < -0.4 is 0 Å². The van der Waals surface area contributed by atoms with Crippen molar-refractivity contribution < 1.29 is 0 Å². The number of aromatic nitrogens is 2. The topological polar surface area (TPSA) is 25.8 Å². The van der Waals surface area contributed by atoms with E-state index in [4.69, 9.17) is 9.97 Å². The van der Waals surface area contributed by atoms with Gasteiger partial charge in [-0.1, -0.05) is 218 Å². The summed E-state index contributed by atoms with van der Waals surface area (Å²) >= 11 is 0. The van der Waals surface area contributed by atoms with Crippen molar-refractivity contribution in [3.63, 3.8) is 0 Å². The van der Waals surface area contributed by atoms with Gasteiger partial charge in [0, 0.05) is 16.7 Å². The minimum atomic E-state index is -0.521. The van der Waals surface area contributed by atoms with Gasteiger partial charge in [0.2, 0.25) is 0 Å². The highest BCUT2D eigenvalue weighted by atomic mass is 14.9. The molecular formula is C59H38N2. The number of hydrogen-bond donors (Lipinski definition) is 0. The van der Waals surface area contributed by atoms with Crippen LogP contribution in [-0.4, -0.2) is 9.97 Å². The normalized spacial score (nSPS) is 12.7. The van der Waals surface area contributed by atoms with E-state index in [1.54, 1.807) is 0 Å². The second kappa shape index (κ2) is 14.1. The molecule has 2 nitrogen and oxygen atoms in total. The van der Waals surface area contributed by atoms with E-state index in [0.29, 0.717) is 5.82 Å². The van der Waals surface area contributed by atoms with Gasteiger partial charge in [-0.2, -0.15) is 0 Å². The van der Waals surface area contributed by atoms with Gasteiger partial charge in [-0.05, 0) is 89.0 Å². The summed E-state index contributed by atoms with van der Waals surface area (Å²) in [4.78, 5) is 10.7. The van der Waals surface area contributed by atoms with Crippen molar-refractivity contribution in [3.8, 4) is 56.2 Å². The van der Waals surface area contributed by atoms with Crippen LogP contribution in [0.1, 0.15) is 22.3 Å². The highest BCUT2D eigenvalue weighted by Crippen LogP contribution is 2.60.